The molecule has 0 aliphatic rings. The molecule has 0 bridgehead atoms. The minimum absolute atomic E-state index is 0.207. The molecule has 1 amide bonds. The Balaban J connectivity index is 1.69. The molecule has 0 heterocycles. The molecular formula is C33H49N2O6P. The van der Waals surface area contributed by atoms with E-state index in [1.807, 2.05) is 0 Å². The Labute approximate surface area is 251 Å². The number of nitrogen functional groups attached to an aromatic ring is 1. The fraction of sp³-hybridized carbons (Fsp3) is 0.515. The number of anilines is 1. The Kier molecular flexibility index (Phi) is 16.8. The van der Waals surface area contributed by atoms with E-state index in [1.165, 1.54) is 38.5 Å². The van der Waals surface area contributed by atoms with E-state index in [4.69, 9.17) is 10.5 Å². The van der Waals surface area contributed by atoms with E-state index in [0.717, 1.165) is 44.1 Å². The largest absolute Gasteiger partial charge is 0.423 e. The van der Waals surface area contributed by atoms with E-state index in [9.17, 15) is 23.9 Å². The van der Waals surface area contributed by atoms with E-state index in [-0.39, 0.29) is 12.3 Å². The molecule has 0 fully saturated rings. The van der Waals surface area contributed by atoms with Crippen molar-refractivity contribution >= 4 is 25.2 Å². The van der Waals surface area contributed by atoms with Crippen LogP contribution in [0.3, 0.4) is 0 Å². The minimum atomic E-state index is -4.34. The molecule has 0 saturated heterocycles. The van der Waals surface area contributed by atoms with Gasteiger partial charge in [0, 0.05) is 18.2 Å². The third kappa shape index (κ3) is 16.5. The maximum absolute atomic E-state index is 12.5. The van der Waals surface area contributed by atoms with E-state index in [1.54, 1.807) is 48.5 Å². The molecular weight excluding hydrogens is 551 g/mol. The van der Waals surface area contributed by atoms with Gasteiger partial charge in [-0.3, -0.25) is 9.36 Å². The third-order valence-corrected chi connectivity index (χ3v) is 7.92. The van der Waals surface area contributed by atoms with Crippen molar-refractivity contribution in [2.75, 3.05) is 11.9 Å². The van der Waals surface area contributed by atoms with E-state index in [2.05, 4.69) is 24.4 Å². The number of nitrogens with two attached hydrogens (primary N) is 1. The van der Waals surface area contributed by atoms with Crippen molar-refractivity contribution in [3.8, 4) is 5.75 Å². The molecule has 2 rings (SSSR count). The first-order chi connectivity index (χ1) is 20.2. The van der Waals surface area contributed by atoms with Crippen LogP contribution in [0.4, 0.5) is 5.69 Å². The van der Waals surface area contributed by atoms with Crippen molar-refractivity contribution in [2.45, 2.75) is 103 Å². The minimum Gasteiger partial charge on any atom is -0.423 e. The zero-order valence-electron chi connectivity index (χ0n) is 25.0. The number of carbonyl (C=O) groups is 2. The molecule has 0 radical (unpaired) electrons. The lowest BCUT2D eigenvalue weighted by atomic mass is 10.1. The highest BCUT2D eigenvalue weighted by atomic mass is 31.2. The molecule has 0 unspecified atom stereocenters. The normalized spacial score (nSPS) is 12.4. The quantitative estimate of drug-likeness (QED) is 0.0294. The lowest BCUT2D eigenvalue weighted by Gasteiger charge is -2.20. The highest BCUT2D eigenvalue weighted by Crippen LogP contribution is 2.35. The number of ether oxygens (including phenoxy) is 1. The molecule has 0 aliphatic carbocycles. The number of benzene rings is 2. The smallest absolute Gasteiger partial charge is 0.343 e. The first kappa shape index (κ1) is 35.3. The highest BCUT2D eigenvalue weighted by molar-refractivity contribution is 7.51. The molecule has 42 heavy (non-hydrogen) atoms. The standard InChI is InChI=1S/C33H49N2O6P/c1-2-3-4-5-6-7-8-9-10-11-12-13-14-15-16-32(36)35-30(26-42(38,39)40)25-27-17-23-31(24-18-27)41-33(37)28-19-21-29(34)22-20-28/h9-10,17-24,30H,2-8,11-16,25-26,34H2,1H3,(H,35,36)(H2,38,39,40)/b10-9-/t30-/m0/s1. The summed E-state index contributed by atoms with van der Waals surface area (Å²) in [6.45, 7) is 2.24. The summed E-state index contributed by atoms with van der Waals surface area (Å²) in [6.07, 6.45) is 18.6. The van der Waals surface area contributed by atoms with Crippen molar-refractivity contribution in [3.63, 3.8) is 0 Å². The molecule has 0 spiro atoms. The molecule has 1 atom stereocenters. The second-order valence-electron chi connectivity index (χ2n) is 11.0. The number of unbranched alkanes of at least 4 members (excludes halogenated alkanes) is 10. The summed E-state index contributed by atoms with van der Waals surface area (Å²) in [7, 11) is -4.34. The molecule has 8 nitrogen and oxygen atoms in total. The lowest BCUT2D eigenvalue weighted by molar-refractivity contribution is -0.121. The van der Waals surface area contributed by atoms with E-state index < -0.39 is 25.8 Å². The third-order valence-electron chi connectivity index (χ3n) is 7.00. The Hall–Kier alpha value is -2.93. The summed E-state index contributed by atoms with van der Waals surface area (Å²) in [6, 6.07) is 12.3. The van der Waals surface area contributed by atoms with Crippen LogP contribution >= 0.6 is 7.60 Å². The summed E-state index contributed by atoms with van der Waals surface area (Å²) in [5.74, 6) is -0.389. The van der Waals surface area contributed by atoms with Gasteiger partial charge in [0.15, 0.2) is 0 Å². The Morgan fingerprint density at radius 2 is 1.43 bits per heavy atom. The van der Waals surface area contributed by atoms with Gasteiger partial charge in [0.25, 0.3) is 0 Å². The van der Waals surface area contributed by atoms with Gasteiger partial charge in [-0.05, 0) is 80.5 Å². The first-order valence-electron chi connectivity index (χ1n) is 15.3. The van der Waals surface area contributed by atoms with Crippen LogP contribution in [0.15, 0.2) is 60.7 Å². The number of hydrogen-bond acceptors (Lipinski definition) is 5. The van der Waals surface area contributed by atoms with Crippen molar-refractivity contribution in [2.24, 2.45) is 0 Å². The van der Waals surface area contributed by atoms with Gasteiger partial charge >= 0.3 is 13.6 Å². The Bertz CT molecular complexity index is 1130. The van der Waals surface area contributed by atoms with E-state index in [0.29, 0.717) is 23.4 Å². The van der Waals surface area contributed by atoms with Crippen molar-refractivity contribution in [1.82, 2.24) is 5.32 Å². The predicted octanol–water partition coefficient (Wildman–Crippen LogP) is 7.34. The second kappa shape index (κ2) is 20.1. The number of nitrogens with one attached hydrogen (secondary N) is 1. The molecule has 2 aromatic carbocycles. The van der Waals surface area contributed by atoms with Crippen molar-refractivity contribution in [3.05, 3.63) is 71.8 Å². The topological polar surface area (TPSA) is 139 Å². The summed E-state index contributed by atoms with van der Waals surface area (Å²) < 4.78 is 17.1. The van der Waals surface area contributed by atoms with Gasteiger partial charge in [0.1, 0.15) is 5.75 Å². The van der Waals surface area contributed by atoms with Crippen LogP contribution in [-0.4, -0.2) is 33.9 Å². The van der Waals surface area contributed by atoms with Crippen LogP contribution in [0.25, 0.3) is 0 Å². The van der Waals surface area contributed by atoms with Crippen LogP contribution in [-0.2, 0) is 15.8 Å². The number of esters is 1. The predicted molar refractivity (Wildman–Crippen MR) is 170 cm³/mol. The zero-order chi connectivity index (χ0) is 30.6. The summed E-state index contributed by atoms with van der Waals surface area (Å²) in [5.41, 5.74) is 7.32. The van der Waals surface area contributed by atoms with Gasteiger partial charge in [0.2, 0.25) is 5.91 Å². The maximum atomic E-state index is 12.5. The van der Waals surface area contributed by atoms with Crippen molar-refractivity contribution < 1.29 is 28.7 Å². The van der Waals surface area contributed by atoms with Crippen LogP contribution in [0.1, 0.15) is 106 Å². The van der Waals surface area contributed by atoms with Crippen LogP contribution < -0.4 is 15.8 Å². The van der Waals surface area contributed by atoms with Gasteiger partial charge in [0.05, 0.1) is 11.7 Å². The fourth-order valence-electron chi connectivity index (χ4n) is 4.69. The number of carbonyl (C=O) groups excluding carboxylic acids is 2. The van der Waals surface area contributed by atoms with E-state index >= 15 is 0 Å². The number of rotatable bonds is 21. The number of hydrogen-bond donors (Lipinski definition) is 4. The van der Waals surface area contributed by atoms with Gasteiger partial charge in [-0.2, -0.15) is 0 Å². The molecule has 2 aromatic rings. The SMILES string of the molecule is CCCCCCCC/C=C\CCCCCCC(=O)N[C@@H](Cc1ccc(OC(=O)c2ccc(N)cc2)cc1)CP(=O)(O)O. The summed E-state index contributed by atoms with van der Waals surface area (Å²) in [4.78, 5) is 43.9. The molecule has 232 valence electrons. The Morgan fingerprint density at radius 1 is 0.857 bits per heavy atom. The number of allylic oxidation sites excluding steroid dienone is 2. The lowest BCUT2D eigenvalue weighted by Crippen LogP contribution is -2.39. The van der Waals surface area contributed by atoms with Crippen LogP contribution in [0.5, 0.6) is 5.75 Å². The van der Waals surface area contributed by atoms with Crippen molar-refractivity contribution in [1.29, 1.82) is 0 Å². The zero-order valence-corrected chi connectivity index (χ0v) is 25.9. The molecule has 0 aromatic heterocycles. The summed E-state index contributed by atoms with van der Waals surface area (Å²) in [5, 5.41) is 2.80. The average Bonchev–Trinajstić information content (AvgIpc) is 2.93. The molecule has 5 N–H and O–H groups in total. The molecule has 9 heteroatoms. The fourth-order valence-corrected chi connectivity index (χ4v) is 5.49. The number of amides is 1. The van der Waals surface area contributed by atoms with Crippen LogP contribution in [0.2, 0.25) is 0 Å². The first-order valence-corrected chi connectivity index (χ1v) is 17.1. The van der Waals surface area contributed by atoms with Gasteiger partial charge in [-0.15, -0.1) is 0 Å². The average molecular weight is 601 g/mol. The van der Waals surface area contributed by atoms with Gasteiger partial charge in [-0.1, -0.05) is 76.2 Å². The maximum Gasteiger partial charge on any atom is 0.343 e. The molecule has 0 aliphatic heterocycles. The summed E-state index contributed by atoms with van der Waals surface area (Å²) >= 11 is 0. The second-order valence-corrected chi connectivity index (χ2v) is 12.6. The van der Waals surface area contributed by atoms with Gasteiger partial charge < -0.3 is 25.6 Å². The van der Waals surface area contributed by atoms with Gasteiger partial charge in [-0.25, -0.2) is 4.79 Å². The monoisotopic (exact) mass is 600 g/mol. The highest BCUT2D eigenvalue weighted by Gasteiger charge is 2.23. The molecule has 0 saturated carbocycles. The van der Waals surface area contributed by atoms with Crippen LogP contribution in [0, 0.1) is 0 Å². The Morgan fingerprint density at radius 3 is 2.02 bits per heavy atom.